The quantitative estimate of drug-likeness (QED) is 0.488. The van der Waals surface area contributed by atoms with Crippen molar-refractivity contribution in [2.75, 3.05) is 13.0 Å². The SMILES string of the molecule is [2H]c1c([2H])c(C(=O)O)c([2H])c(-c2cccc(CC([2H])([2H])C([2H])([2H])NC([2H])([2H])[C@H](O)c3c([2H])c([2H])c([2H])c(C)c3[2H])c2)c1[2H]. The van der Waals surface area contributed by atoms with Gasteiger partial charge in [0.2, 0.25) is 0 Å². The summed E-state index contributed by atoms with van der Waals surface area (Å²) in [6.45, 7) is -5.12. The van der Waals surface area contributed by atoms with E-state index in [0.29, 0.717) is 0 Å². The highest BCUT2D eigenvalue weighted by Crippen LogP contribution is 2.22. The minimum Gasteiger partial charge on any atom is -0.478 e. The summed E-state index contributed by atoms with van der Waals surface area (Å²) in [5.41, 5.74) is -1.78. The second kappa shape index (κ2) is 10.0. The van der Waals surface area contributed by atoms with Gasteiger partial charge in [0.25, 0.3) is 0 Å². The van der Waals surface area contributed by atoms with Crippen LogP contribution in [-0.4, -0.2) is 29.2 Å². The number of benzene rings is 3. The van der Waals surface area contributed by atoms with Crippen LogP contribution in [0.15, 0.2) is 72.6 Å². The Bertz CT molecular complexity index is 1580. The summed E-state index contributed by atoms with van der Waals surface area (Å²) in [6.07, 6.45) is -6.06. The number of carboxylic acids is 1. The van der Waals surface area contributed by atoms with E-state index in [4.69, 9.17) is 19.2 Å². The topological polar surface area (TPSA) is 69.6 Å². The van der Waals surface area contributed by atoms with Crippen molar-refractivity contribution >= 4 is 5.97 Å². The summed E-state index contributed by atoms with van der Waals surface area (Å²) in [6, 6.07) is -0.0353. The minimum atomic E-state index is -3.22. The number of carbonyl (C=O) groups is 1. The van der Waals surface area contributed by atoms with Crippen LogP contribution in [0.5, 0.6) is 0 Å². The maximum atomic E-state index is 11.6. The summed E-state index contributed by atoms with van der Waals surface area (Å²) < 4.78 is 114. The first-order chi connectivity index (χ1) is 19.6. The Labute approximate surface area is 191 Å². The van der Waals surface area contributed by atoms with Gasteiger partial charge in [0.05, 0.1) is 22.6 Å². The lowest BCUT2D eigenvalue weighted by Gasteiger charge is -2.13. The predicted molar refractivity (Wildman–Crippen MR) is 116 cm³/mol. The highest BCUT2D eigenvalue weighted by atomic mass is 16.4. The van der Waals surface area contributed by atoms with Crippen LogP contribution < -0.4 is 5.32 Å². The molecule has 0 amide bonds. The van der Waals surface area contributed by atoms with Crippen molar-refractivity contribution in [2.45, 2.75) is 25.8 Å². The fourth-order valence-electron chi connectivity index (χ4n) is 2.39. The maximum absolute atomic E-state index is 11.6. The van der Waals surface area contributed by atoms with Crippen LogP contribution in [0.25, 0.3) is 11.1 Å². The lowest BCUT2D eigenvalue weighted by molar-refractivity contribution is 0.0697. The number of hydrogen-bond acceptors (Lipinski definition) is 3. The molecule has 0 saturated carbocycles. The molecule has 29 heavy (non-hydrogen) atoms. The number of aliphatic hydroxyl groups is 1. The summed E-state index contributed by atoms with van der Waals surface area (Å²) >= 11 is 0. The van der Waals surface area contributed by atoms with Crippen LogP contribution in [0.3, 0.4) is 0 Å². The molecule has 1 atom stereocenters. The molecule has 4 nitrogen and oxygen atoms in total. The molecule has 3 N–H and O–H groups in total. The van der Waals surface area contributed by atoms with E-state index in [9.17, 15) is 15.0 Å². The van der Waals surface area contributed by atoms with Gasteiger partial charge in [-0.15, -0.1) is 0 Å². The summed E-state index contributed by atoms with van der Waals surface area (Å²) in [7, 11) is 0. The Hall–Kier alpha value is -2.95. The Balaban J connectivity index is 1.98. The lowest BCUT2D eigenvalue weighted by Crippen LogP contribution is -2.22. The van der Waals surface area contributed by atoms with Crippen molar-refractivity contribution in [1.82, 2.24) is 5.32 Å². The predicted octanol–water partition coefficient (Wildman–Crippen LogP) is 4.62. The molecule has 0 unspecified atom stereocenters. The first-order valence-electron chi connectivity index (χ1n) is 15.5. The molecular weight excluding hydrogens is 362 g/mol. The highest BCUT2D eigenvalue weighted by Gasteiger charge is 2.07. The molecule has 150 valence electrons. The van der Waals surface area contributed by atoms with Crippen molar-refractivity contribution < 1.29 is 34.2 Å². The summed E-state index contributed by atoms with van der Waals surface area (Å²) in [5.74, 6) is -1.65. The molecule has 3 aromatic carbocycles. The smallest absolute Gasteiger partial charge is 0.335 e. The zero-order valence-corrected chi connectivity index (χ0v) is 15.4. The van der Waals surface area contributed by atoms with Gasteiger partial charge in [0.1, 0.15) is 0 Å². The second-order valence-electron chi connectivity index (χ2n) is 5.94. The third-order valence-corrected chi connectivity index (χ3v) is 3.75. The standard InChI is InChI=1S/C25H27NO3/c1-18-6-2-11-22(14-18)24(27)17-26-13-5-8-19-7-3-9-20(15-19)21-10-4-12-23(16-21)25(28)29/h2-4,6-7,9-12,14-16,24,26-27H,5,8,13,17H2,1H3,(H,28,29)/t24-/m0/s1/i2D,4D,5D2,6D,10D,11D,12D,13D2,14D,16D,17D2. The van der Waals surface area contributed by atoms with Crippen molar-refractivity contribution in [3.63, 3.8) is 0 Å². The number of hydrogen-bond donors (Lipinski definition) is 3. The molecule has 0 spiro atoms. The number of nitrogens with one attached hydrogen (secondary N) is 1. The zero-order valence-electron chi connectivity index (χ0n) is 29.4. The normalized spacial score (nSPS) is 20.3. The van der Waals surface area contributed by atoms with Gasteiger partial charge >= 0.3 is 5.97 Å². The van der Waals surface area contributed by atoms with Crippen LogP contribution in [0.1, 0.15) is 58.7 Å². The number of aryl methyl sites for hydroxylation is 1. The molecule has 3 aromatic rings. The summed E-state index contributed by atoms with van der Waals surface area (Å²) in [4.78, 5) is 11.6. The molecule has 0 aromatic heterocycles. The Morgan fingerprint density at radius 1 is 1.17 bits per heavy atom. The van der Waals surface area contributed by atoms with Gasteiger partial charge in [-0.2, -0.15) is 0 Å². The molecule has 0 aliphatic carbocycles. The van der Waals surface area contributed by atoms with Gasteiger partial charge in [-0.3, -0.25) is 0 Å². The van der Waals surface area contributed by atoms with E-state index < -0.39 is 97.3 Å². The first kappa shape index (κ1) is 9.24. The Morgan fingerprint density at radius 2 is 2.00 bits per heavy atom. The molecule has 0 heterocycles. The summed E-state index contributed by atoms with van der Waals surface area (Å²) in [5, 5.41) is 22.0. The van der Waals surface area contributed by atoms with E-state index in [-0.39, 0.29) is 22.3 Å². The largest absolute Gasteiger partial charge is 0.478 e. The van der Waals surface area contributed by atoms with E-state index in [0.717, 1.165) is 0 Å². The third-order valence-electron chi connectivity index (χ3n) is 3.75. The van der Waals surface area contributed by atoms with Gasteiger partial charge in [-0.05, 0) is 60.6 Å². The van der Waals surface area contributed by atoms with Gasteiger partial charge in [-0.1, -0.05) is 66.1 Å². The molecule has 0 bridgehead atoms. The number of rotatable bonds is 9. The Morgan fingerprint density at radius 3 is 2.83 bits per heavy atom. The van der Waals surface area contributed by atoms with Crippen molar-refractivity contribution in [3.8, 4) is 11.1 Å². The fraction of sp³-hybridized carbons (Fsp3) is 0.240. The molecule has 0 fully saturated rings. The van der Waals surface area contributed by atoms with E-state index in [1.54, 1.807) is 5.32 Å². The van der Waals surface area contributed by atoms with E-state index in [1.165, 1.54) is 31.2 Å². The monoisotopic (exact) mass is 403 g/mol. The van der Waals surface area contributed by atoms with Crippen LogP contribution in [-0.2, 0) is 6.42 Å². The van der Waals surface area contributed by atoms with E-state index >= 15 is 0 Å². The van der Waals surface area contributed by atoms with Gasteiger partial charge in [0, 0.05) is 14.7 Å². The van der Waals surface area contributed by atoms with Crippen molar-refractivity contribution in [3.05, 3.63) is 94.9 Å². The molecule has 0 saturated heterocycles. The third kappa shape index (κ3) is 6.01. The fourth-order valence-corrected chi connectivity index (χ4v) is 2.39. The number of aromatic carboxylic acids is 1. The molecule has 4 heteroatoms. The van der Waals surface area contributed by atoms with Crippen molar-refractivity contribution in [2.24, 2.45) is 0 Å². The van der Waals surface area contributed by atoms with Crippen LogP contribution in [0.4, 0.5) is 0 Å². The maximum Gasteiger partial charge on any atom is 0.335 e. The lowest BCUT2D eigenvalue weighted by atomic mass is 9.99. The number of aliphatic hydroxyl groups excluding tert-OH is 1. The van der Waals surface area contributed by atoms with Gasteiger partial charge in [0.15, 0.2) is 0 Å². The van der Waals surface area contributed by atoms with Gasteiger partial charge < -0.3 is 15.5 Å². The molecule has 3 rings (SSSR count). The molecular formula is C25H27NO3. The van der Waals surface area contributed by atoms with Crippen LogP contribution >= 0.6 is 0 Å². The molecule has 0 aliphatic heterocycles. The van der Waals surface area contributed by atoms with Crippen LogP contribution in [0, 0.1) is 6.92 Å². The average Bonchev–Trinajstić information content (AvgIpc) is 2.89. The Kier molecular flexibility index (Phi) is 3.19. The van der Waals surface area contributed by atoms with E-state index in [2.05, 4.69) is 0 Å². The highest BCUT2D eigenvalue weighted by molar-refractivity contribution is 5.89. The average molecular weight is 404 g/mol. The second-order valence-corrected chi connectivity index (χ2v) is 5.94. The molecule has 0 radical (unpaired) electrons. The van der Waals surface area contributed by atoms with Crippen molar-refractivity contribution in [1.29, 1.82) is 0 Å². The van der Waals surface area contributed by atoms with Gasteiger partial charge in [-0.25, -0.2) is 4.79 Å². The van der Waals surface area contributed by atoms with Crippen LogP contribution in [0.2, 0.25) is 0 Å². The van der Waals surface area contributed by atoms with E-state index in [1.807, 2.05) is 0 Å². The number of carboxylic acid groups (broad SMARTS) is 1. The first-order valence-corrected chi connectivity index (χ1v) is 8.54. The minimum absolute atomic E-state index is 0.0314. The molecule has 0 aliphatic rings. The zero-order chi connectivity index (χ0) is 33.0.